The van der Waals surface area contributed by atoms with Gasteiger partial charge in [-0.25, -0.2) is 4.79 Å². The fourth-order valence-electron chi connectivity index (χ4n) is 3.31. The van der Waals surface area contributed by atoms with Crippen LogP contribution in [0.3, 0.4) is 0 Å². The van der Waals surface area contributed by atoms with Gasteiger partial charge in [-0.05, 0) is 25.0 Å². The van der Waals surface area contributed by atoms with Crippen molar-refractivity contribution in [3.05, 3.63) is 24.5 Å². The lowest BCUT2D eigenvalue weighted by molar-refractivity contribution is -0.202. The normalized spacial score (nSPS) is 20.7. The Morgan fingerprint density at radius 2 is 1.76 bits per heavy atom. The quantitative estimate of drug-likeness (QED) is 0.738. The van der Waals surface area contributed by atoms with Gasteiger partial charge < -0.3 is 15.1 Å². The predicted octanol–water partition coefficient (Wildman–Crippen LogP) is 0.220. The lowest BCUT2D eigenvalue weighted by Gasteiger charge is -2.39. The minimum atomic E-state index is -0.737. The average molecular weight is 347 g/mol. The maximum Gasteiger partial charge on any atom is 0.362 e. The zero-order valence-corrected chi connectivity index (χ0v) is 14.3. The largest absolute Gasteiger partial charge is 0.369 e. The molecule has 1 N–H and O–H groups in total. The van der Waals surface area contributed by atoms with Crippen molar-refractivity contribution in [1.82, 2.24) is 20.3 Å². The number of nitrogens with one attached hydrogen (secondary N) is 1. The van der Waals surface area contributed by atoms with E-state index in [1.165, 1.54) is 6.42 Å². The molecule has 1 aromatic heterocycles. The first-order valence-electron chi connectivity index (χ1n) is 8.83. The second kappa shape index (κ2) is 8.77. The van der Waals surface area contributed by atoms with Crippen molar-refractivity contribution >= 4 is 18.1 Å². The zero-order valence-electron chi connectivity index (χ0n) is 14.3. The van der Waals surface area contributed by atoms with Crippen molar-refractivity contribution in [2.75, 3.05) is 44.2 Å². The zero-order chi connectivity index (χ0) is 17.5. The molecule has 2 aliphatic heterocycles. The Labute approximate surface area is 147 Å². The second-order valence-electron chi connectivity index (χ2n) is 6.32. The number of aromatic nitrogens is 1. The fourth-order valence-corrected chi connectivity index (χ4v) is 3.31. The second-order valence-corrected chi connectivity index (χ2v) is 6.32. The van der Waals surface area contributed by atoms with Crippen LogP contribution in [0.15, 0.2) is 24.5 Å². The maximum atomic E-state index is 12.5. The lowest BCUT2D eigenvalue weighted by atomic mass is 10.2. The van der Waals surface area contributed by atoms with Gasteiger partial charge in [0, 0.05) is 57.3 Å². The molecule has 0 aromatic carbocycles. The van der Waals surface area contributed by atoms with Crippen molar-refractivity contribution in [3.8, 4) is 0 Å². The Bertz CT molecular complexity index is 557. The molecule has 1 aromatic rings. The summed E-state index contributed by atoms with van der Waals surface area (Å²) < 4.78 is 0. The van der Waals surface area contributed by atoms with E-state index in [1.807, 2.05) is 17.0 Å². The summed E-state index contributed by atoms with van der Waals surface area (Å²) in [5.41, 5.74) is 1.12. The van der Waals surface area contributed by atoms with Crippen LogP contribution in [0.5, 0.6) is 0 Å². The number of carbonyl (C=O) groups excluding carboxylic acids is 2. The van der Waals surface area contributed by atoms with E-state index in [-0.39, 0.29) is 0 Å². The molecule has 2 aliphatic rings. The first-order chi connectivity index (χ1) is 12.3. The summed E-state index contributed by atoms with van der Waals surface area (Å²) in [4.78, 5) is 37.2. The smallest absolute Gasteiger partial charge is 0.362 e. The number of rotatable bonds is 6. The van der Waals surface area contributed by atoms with Crippen LogP contribution in [-0.2, 0) is 14.4 Å². The Hall–Kier alpha value is -2.19. The standard InChI is InChI=1S/C17H25N5O3/c23-14-19-16(17(24)25-22-8-2-1-3-9-22)21-12-10-20(11-13-21)15-4-6-18-7-5-15/h4-7,14,16H,1-3,8-13H2,(H,19,23). The Morgan fingerprint density at radius 1 is 1.08 bits per heavy atom. The first-order valence-corrected chi connectivity index (χ1v) is 8.83. The molecule has 2 saturated heterocycles. The van der Waals surface area contributed by atoms with Gasteiger partial charge in [-0.15, -0.1) is 5.06 Å². The van der Waals surface area contributed by atoms with Crippen molar-refractivity contribution < 1.29 is 14.4 Å². The highest BCUT2D eigenvalue weighted by Crippen LogP contribution is 2.16. The molecule has 1 amide bonds. The van der Waals surface area contributed by atoms with Crippen molar-refractivity contribution in [2.45, 2.75) is 25.4 Å². The predicted molar refractivity (Wildman–Crippen MR) is 92.5 cm³/mol. The van der Waals surface area contributed by atoms with Gasteiger partial charge in [-0.3, -0.25) is 14.7 Å². The van der Waals surface area contributed by atoms with Crippen molar-refractivity contribution in [2.24, 2.45) is 0 Å². The molecule has 8 nitrogen and oxygen atoms in total. The third kappa shape index (κ3) is 4.67. The SMILES string of the molecule is O=CNC(C(=O)ON1CCCCC1)N1CCN(c2ccncc2)CC1. The van der Waals surface area contributed by atoms with Crippen LogP contribution in [0.4, 0.5) is 5.69 Å². The molecule has 25 heavy (non-hydrogen) atoms. The molecule has 0 radical (unpaired) electrons. The molecule has 2 fully saturated rings. The number of anilines is 1. The van der Waals surface area contributed by atoms with E-state index >= 15 is 0 Å². The molecule has 1 atom stereocenters. The monoisotopic (exact) mass is 347 g/mol. The lowest BCUT2D eigenvalue weighted by Crippen LogP contribution is -2.58. The van der Waals surface area contributed by atoms with Crippen LogP contribution in [0.25, 0.3) is 0 Å². The molecule has 3 rings (SSSR count). The van der Waals surface area contributed by atoms with E-state index in [9.17, 15) is 9.59 Å². The summed E-state index contributed by atoms with van der Waals surface area (Å²) >= 11 is 0. The Balaban J connectivity index is 1.55. The summed E-state index contributed by atoms with van der Waals surface area (Å²) in [6, 6.07) is 3.95. The topological polar surface area (TPSA) is 78.0 Å². The number of carbonyl (C=O) groups is 2. The fraction of sp³-hybridized carbons (Fsp3) is 0.588. The van der Waals surface area contributed by atoms with Gasteiger partial charge in [0.2, 0.25) is 6.41 Å². The van der Waals surface area contributed by atoms with E-state index in [0.29, 0.717) is 19.5 Å². The third-order valence-corrected chi connectivity index (χ3v) is 4.69. The number of nitrogens with zero attached hydrogens (tertiary/aromatic N) is 4. The van der Waals surface area contributed by atoms with Crippen molar-refractivity contribution in [1.29, 1.82) is 0 Å². The number of hydrogen-bond acceptors (Lipinski definition) is 7. The molecule has 0 spiro atoms. The summed E-state index contributed by atoms with van der Waals surface area (Å²) in [5, 5.41) is 4.32. The number of piperazine rings is 1. The average Bonchev–Trinajstić information content (AvgIpc) is 2.68. The first kappa shape index (κ1) is 17.6. The minimum absolute atomic E-state index is 0.411. The van der Waals surface area contributed by atoms with Crippen LogP contribution < -0.4 is 10.2 Å². The highest BCUT2D eigenvalue weighted by atomic mass is 16.7. The van der Waals surface area contributed by atoms with Crippen molar-refractivity contribution in [3.63, 3.8) is 0 Å². The number of hydroxylamine groups is 2. The highest BCUT2D eigenvalue weighted by molar-refractivity contribution is 5.77. The molecule has 0 bridgehead atoms. The van der Waals surface area contributed by atoms with Gasteiger partial charge in [-0.1, -0.05) is 6.42 Å². The van der Waals surface area contributed by atoms with Gasteiger partial charge >= 0.3 is 5.97 Å². The summed E-state index contributed by atoms with van der Waals surface area (Å²) in [6.07, 6.45) is 6.60. The molecule has 8 heteroatoms. The van der Waals surface area contributed by atoms with E-state index in [4.69, 9.17) is 4.84 Å². The van der Waals surface area contributed by atoms with E-state index < -0.39 is 12.1 Å². The molecule has 136 valence electrons. The van der Waals surface area contributed by atoms with E-state index in [1.54, 1.807) is 17.5 Å². The van der Waals surface area contributed by atoms with Gasteiger partial charge in [0.1, 0.15) is 0 Å². The molecule has 0 aliphatic carbocycles. The molecular weight excluding hydrogens is 322 g/mol. The number of pyridine rings is 1. The molecule has 1 unspecified atom stereocenters. The van der Waals surface area contributed by atoms with E-state index in [0.717, 1.165) is 44.7 Å². The minimum Gasteiger partial charge on any atom is -0.369 e. The highest BCUT2D eigenvalue weighted by Gasteiger charge is 2.31. The van der Waals surface area contributed by atoms with Gasteiger partial charge in [0.25, 0.3) is 0 Å². The van der Waals surface area contributed by atoms with Crippen LogP contribution in [0.2, 0.25) is 0 Å². The number of piperidine rings is 1. The summed E-state index contributed by atoms with van der Waals surface area (Å²) in [6.45, 7) is 4.41. The number of amides is 1. The van der Waals surface area contributed by atoms with Crippen LogP contribution in [-0.4, -0.2) is 72.8 Å². The van der Waals surface area contributed by atoms with E-state index in [2.05, 4.69) is 15.2 Å². The van der Waals surface area contributed by atoms with Gasteiger partial charge in [0.05, 0.1) is 0 Å². The van der Waals surface area contributed by atoms with Gasteiger partial charge in [-0.2, -0.15) is 0 Å². The van der Waals surface area contributed by atoms with Crippen LogP contribution >= 0.6 is 0 Å². The Morgan fingerprint density at radius 3 is 2.40 bits per heavy atom. The molecular formula is C17H25N5O3. The summed E-state index contributed by atoms with van der Waals surface area (Å²) in [7, 11) is 0. The van der Waals surface area contributed by atoms with Crippen LogP contribution in [0, 0.1) is 0 Å². The molecule has 0 saturated carbocycles. The number of hydrogen-bond donors (Lipinski definition) is 1. The van der Waals surface area contributed by atoms with Crippen LogP contribution in [0.1, 0.15) is 19.3 Å². The maximum absolute atomic E-state index is 12.5. The van der Waals surface area contributed by atoms with Gasteiger partial charge in [0.15, 0.2) is 6.17 Å². The third-order valence-electron chi connectivity index (χ3n) is 4.69. The summed E-state index contributed by atoms with van der Waals surface area (Å²) in [5.74, 6) is -0.411. The Kier molecular flexibility index (Phi) is 6.19. The molecule has 3 heterocycles.